The first-order chi connectivity index (χ1) is 7.99. The van der Waals surface area contributed by atoms with Gasteiger partial charge in [0, 0.05) is 11.6 Å². The monoisotopic (exact) mass is 261 g/mol. The highest BCUT2D eigenvalue weighted by molar-refractivity contribution is 6.30. The molecule has 0 saturated heterocycles. The van der Waals surface area contributed by atoms with Crippen LogP contribution in [0, 0.1) is 17.6 Å². The lowest BCUT2D eigenvalue weighted by molar-refractivity contribution is 0.409. The van der Waals surface area contributed by atoms with E-state index in [-0.39, 0.29) is 11.1 Å². The smallest absolute Gasteiger partial charge is 0.142 e. The van der Waals surface area contributed by atoms with Crippen molar-refractivity contribution in [2.45, 2.75) is 32.7 Å². The Hall–Kier alpha value is -0.670. The van der Waals surface area contributed by atoms with Crippen LogP contribution in [-0.4, -0.2) is 7.05 Å². The highest BCUT2D eigenvalue weighted by Gasteiger charge is 2.18. The zero-order chi connectivity index (χ0) is 13.0. The van der Waals surface area contributed by atoms with Crippen LogP contribution in [0.15, 0.2) is 12.1 Å². The second-order valence-electron chi connectivity index (χ2n) is 4.38. The lowest BCUT2D eigenvalue weighted by Crippen LogP contribution is -2.20. The molecule has 0 aliphatic heterocycles. The number of hydrogen-bond acceptors (Lipinski definition) is 1. The minimum atomic E-state index is -0.576. The number of nitrogens with one attached hydrogen (secondary N) is 1. The average Bonchev–Trinajstić information content (AvgIpc) is 2.30. The topological polar surface area (TPSA) is 12.0 Å². The molecule has 0 amide bonds. The Morgan fingerprint density at radius 1 is 1.29 bits per heavy atom. The molecular weight excluding hydrogens is 244 g/mol. The number of hydrogen-bond donors (Lipinski definition) is 1. The van der Waals surface area contributed by atoms with Crippen molar-refractivity contribution in [3.63, 3.8) is 0 Å². The van der Waals surface area contributed by atoms with Gasteiger partial charge in [-0.1, -0.05) is 31.9 Å². The standard InChI is InChI=1S/C13H18ClF2N/c1-4-8(2)5-13(17-3)9-6-12(16)10(14)7-11(9)15/h6-8,13,17H,4-5H2,1-3H3. The summed E-state index contributed by atoms with van der Waals surface area (Å²) in [5.74, 6) is -0.586. The summed E-state index contributed by atoms with van der Waals surface area (Å²) in [6.07, 6.45) is 1.78. The first-order valence-electron chi connectivity index (χ1n) is 5.81. The summed E-state index contributed by atoms with van der Waals surface area (Å²) in [5, 5.41) is 2.85. The van der Waals surface area contributed by atoms with E-state index in [0.717, 1.165) is 18.9 Å². The molecule has 2 unspecified atom stereocenters. The summed E-state index contributed by atoms with van der Waals surface area (Å²) in [6.45, 7) is 4.17. The van der Waals surface area contributed by atoms with Gasteiger partial charge in [-0.25, -0.2) is 8.78 Å². The van der Waals surface area contributed by atoms with E-state index in [0.29, 0.717) is 11.5 Å². The van der Waals surface area contributed by atoms with Crippen LogP contribution in [0.3, 0.4) is 0 Å². The molecule has 4 heteroatoms. The van der Waals surface area contributed by atoms with Crippen molar-refractivity contribution in [2.75, 3.05) is 7.05 Å². The highest BCUT2D eigenvalue weighted by atomic mass is 35.5. The van der Waals surface area contributed by atoms with Gasteiger partial charge in [0.25, 0.3) is 0 Å². The molecule has 0 aliphatic rings. The summed E-state index contributed by atoms with van der Waals surface area (Å²) in [6, 6.07) is 2.03. The van der Waals surface area contributed by atoms with Crippen LogP contribution < -0.4 is 5.32 Å². The van der Waals surface area contributed by atoms with Crippen LogP contribution in [0.25, 0.3) is 0 Å². The number of benzene rings is 1. The zero-order valence-electron chi connectivity index (χ0n) is 10.4. The van der Waals surface area contributed by atoms with Crippen molar-refractivity contribution in [2.24, 2.45) is 5.92 Å². The van der Waals surface area contributed by atoms with Gasteiger partial charge < -0.3 is 5.32 Å². The van der Waals surface area contributed by atoms with E-state index in [1.165, 1.54) is 6.07 Å². The first kappa shape index (κ1) is 14.4. The molecule has 0 spiro atoms. The summed E-state index contributed by atoms with van der Waals surface area (Å²) in [5.41, 5.74) is 0.342. The summed E-state index contributed by atoms with van der Waals surface area (Å²) in [4.78, 5) is 0. The van der Waals surface area contributed by atoms with Crippen LogP contribution in [0.5, 0.6) is 0 Å². The van der Waals surface area contributed by atoms with Crippen LogP contribution in [0.1, 0.15) is 38.3 Å². The predicted molar refractivity (Wildman–Crippen MR) is 67.2 cm³/mol. The van der Waals surface area contributed by atoms with Crippen molar-refractivity contribution < 1.29 is 8.78 Å². The van der Waals surface area contributed by atoms with E-state index in [1.807, 2.05) is 0 Å². The maximum absolute atomic E-state index is 13.7. The first-order valence-corrected chi connectivity index (χ1v) is 6.19. The lowest BCUT2D eigenvalue weighted by atomic mass is 9.94. The number of rotatable bonds is 5. The van der Waals surface area contributed by atoms with Gasteiger partial charge in [0.1, 0.15) is 11.6 Å². The molecule has 2 atom stereocenters. The molecule has 0 heterocycles. The predicted octanol–water partition coefficient (Wildman–Crippen LogP) is 4.31. The van der Waals surface area contributed by atoms with E-state index in [4.69, 9.17) is 11.6 Å². The van der Waals surface area contributed by atoms with E-state index in [1.54, 1.807) is 7.05 Å². The maximum atomic E-state index is 13.7. The molecule has 17 heavy (non-hydrogen) atoms. The Morgan fingerprint density at radius 2 is 1.94 bits per heavy atom. The maximum Gasteiger partial charge on any atom is 0.142 e. The Labute approximate surface area is 106 Å². The van der Waals surface area contributed by atoms with Crippen molar-refractivity contribution in [3.05, 3.63) is 34.4 Å². The van der Waals surface area contributed by atoms with Gasteiger partial charge in [0.2, 0.25) is 0 Å². The Kier molecular flexibility index (Phi) is 5.34. The van der Waals surface area contributed by atoms with Crippen LogP contribution in [0.2, 0.25) is 5.02 Å². The SMILES string of the molecule is CCC(C)CC(NC)c1cc(F)c(Cl)cc1F. The van der Waals surface area contributed by atoms with E-state index in [9.17, 15) is 8.78 Å². The minimum Gasteiger partial charge on any atom is -0.313 e. The lowest BCUT2D eigenvalue weighted by Gasteiger charge is -2.21. The molecule has 0 aliphatic carbocycles. The highest BCUT2D eigenvalue weighted by Crippen LogP contribution is 2.28. The molecule has 1 aromatic carbocycles. The molecule has 96 valence electrons. The fourth-order valence-corrected chi connectivity index (χ4v) is 1.92. The van der Waals surface area contributed by atoms with Gasteiger partial charge in [0.15, 0.2) is 0 Å². The quantitative estimate of drug-likeness (QED) is 0.779. The molecule has 0 radical (unpaired) electrons. The van der Waals surface area contributed by atoms with Gasteiger partial charge in [-0.15, -0.1) is 0 Å². The molecule has 1 rings (SSSR count). The normalized spacial score (nSPS) is 14.7. The van der Waals surface area contributed by atoms with Gasteiger partial charge >= 0.3 is 0 Å². The molecule has 0 aromatic heterocycles. The molecule has 1 nitrogen and oxygen atoms in total. The second-order valence-corrected chi connectivity index (χ2v) is 4.79. The van der Waals surface area contributed by atoms with E-state index >= 15 is 0 Å². The Bertz CT molecular complexity index is 382. The van der Waals surface area contributed by atoms with E-state index < -0.39 is 11.6 Å². The molecule has 0 fully saturated rings. The fourth-order valence-electron chi connectivity index (χ4n) is 1.77. The molecular formula is C13H18ClF2N. The third-order valence-electron chi connectivity index (χ3n) is 3.10. The summed E-state index contributed by atoms with van der Waals surface area (Å²) >= 11 is 5.53. The van der Waals surface area contributed by atoms with Gasteiger partial charge in [-0.2, -0.15) is 0 Å². The van der Waals surface area contributed by atoms with Crippen molar-refractivity contribution >= 4 is 11.6 Å². The van der Waals surface area contributed by atoms with Crippen LogP contribution >= 0.6 is 11.6 Å². The summed E-state index contributed by atoms with van der Waals surface area (Å²) in [7, 11) is 1.75. The Morgan fingerprint density at radius 3 is 2.47 bits per heavy atom. The largest absolute Gasteiger partial charge is 0.313 e. The molecule has 1 aromatic rings. The number of halogens is 3. The second kappa shape index (κ2) is 6.31. The van der Waals surface area contributed by atoms with Gasteiger partial charge in [-0.05, 0) is 31.5 Å². The van der Waals surface area contributed by atoms with Gasteiger partial charge in [0.05, 0.1) is 5.02 Å². The average molecular weight is 262 g/mol. The van der Waals surface area contributed by atoms with Gasteiger partial charge in [-0.3, -0.25) is 0 Å². The third-order valence-corrected chi connectivity index (χ3v) is 3.39. The van der Waals surface area contributed by atoms with Crippen LogP contribution in [0.4, 0.5) is 8.78 Å². The van der Waals surface area contributed by atoms with E-state index in [2.05, 4.69) is 19.2 Å². The van der Waals surface area contributed by atoms with Crippen molar-refractivity contribution in [1.82, 2.24) is 5.32 Å². The third kappa shape index (κ3) is 3.65. The molecule has 0 saturated carbocycles. The fraction of sp³-hybridized carbons (Fsp3) is 0.538. The molecule has 0 bridgehead atoms. The molecule has 1 N–H and O–H groups in total. The zero-order valence-corrected chi connectivity index (χ0v) is 11.1. The Balaban J connectivity index is 2.99. The summed E-state index contributed by atoms with van der Waals surface area (Å²) < 4.78 is 27.1. The van der Waals surface area contributed by atoms with Crippen molar-refractivity contribution in [3.8, 4) is 0 Å². The van der Waals surface area contributed by atoms with Crippen LogP contribution in [-0.2, 0) is 0 Å². The van der Waals surface area contributed by atoms with Crippen molar-refractivity contribution in [1.29, 1.82) is 0 Å². The minimum absolute atomic E-state index is 0.176.